The highest BCUT2D eigenvalue weighted by molar-refractivity contribution is 5.70. The fourth-order valence-electron chi connectivity index (χ4n) is 2.45. The zero-order chi connectivity index (χ0) is 13.4. The summed E-state index contributed by atoms with van der Waals surface area (Å²) in [5, 5.41) is 8.09. The van der Waals surface area contributed by atoms with Crippen molar-refractivity contribution in [2.45, 2.75) is 32.4 Å². The summed E-state index contributed by atoms with van der Waals surface area (Å²) in [7, 11) is 0. The van der Waals surface area contributed by atoms with Crippen molar-refractivity contribution >= 4 is 6.09 Å². The molecule has 0 N–H and O–H groups in total. The van der Waals surface area contributed by atoms with Crippen molar-refractivity contribution in [3.63, 3.8) is 0 Å². The maximum atomic E-state index is 11.4. The zero-order valence-corrected chi connectivity index (χ0v) is 11.2. The van der Waals surface area contributed by atoms with Gasteiger partial charge in [0.25, 0.3) is 0 Å². The minimum atomic E-state index is -0.190. The minimum absolute atomic E-state index is 0.161. The van der Waals surface area contributed by atoms with Gasteiger partial charge in [0.15, 0.2) is 0 Å². The fraction of sp³-hybridized carbons (Fsp3) is 0.750. The predicted molar refractivity (Wildman–Crippen MR) is 65.5 cm³/mol. The Balaban J connectivity index is 1.60. The number of cyclic esters (lactones) is 1. The van der Waals surface area contributed by atoms with E-state index in [9.17, 15) is 4.79 Å². The largest absolute Gasteiger partial charge is 0.447 e. The van der Waals surface area contributed by atoms with Crippen LogP contribution in [0, 0.1) is 0 Å². The molecule has 1 unspecified atom stereocenters. The van der Waals surface area contributed by atoms with Gasteiger partial charge >= 0.3 is 6.09 Å². The molecular formula is C12H18N4O3. The van der Waals surface area contributed by atoms with Crippen LogP contribution in [0.25, 0.3) is 0 Å². The second kappa shape index (κ2) is 4.80. The Hall–Kier alpha value is -1.63. The molecule has 2 fully saturated rings. The Bertz CT molecular complexity index is 473. The molecule has 0 radical (unpaired) electrons. The van der Waals surface area contributed by atoms with Gasteiger partial charge in [-0.1, -0.05) is 13.8 Å². The number of nitrogens with zero attached hydrogens (tertiary/aromatic N) is 4. The molecule has 0 aromatic carbocycles. The Kier molecular flexibility index (Phi) is 3.14. The van der Waals surface area contributed by atoms with Gasteiger partial charge in [-0.25, -0.2) is 4.79 Å². The molecule has 0 spiro atoms. The van der Waals surface area contributed by atoms with Gasteiger partial charge in [-0.15, -0.1) is 10.2 Å². The van der Waals surface area contributed by atoms with Gasteiger partial charge in [-0.2, -0.15) is 0 Å². The summed E-state index contributed by atoms with van der Waals surface area (Å²) in [4.78, 5) is 15.4. The first-order chi connectivity index (χ1) is 9.13. The number of carbonyl (C=O) groups excluding carboxylic acids is 1. The number of carbonyl (C=O) groups is 1. The molecule has 3 rings (SSSR count). The monoisotopic (exact) mass is 266 g/mol. The van der Waals surface area contributed by atoms with Gasteiger partial charge in [-0.3, -0.25) is 9.80 Å². The Morgan fingerprint density at radius 2 is 2.21 bits per heavy atom. The normalized spacial score (nSPS) is 23.8. The Labute approximate surface area is 111 Å². The van der Waals surface area contributed by atoms with E-state index in [1.807, 2.05) is 13.8 Å². The topological polar surface area (TPSA) is 71.7 Å². The third-order valence-electron chi connectivity index (χ3n) is 3.54. The number of ether oxygens (including phenoxy) is 1. The summed E-state index contributed by atoms with van der Waals surface area (Å²) in [5.41, 5.74) is 0. The predicted octanol–water partition coefficient (Wildman–Crippen LogP) is 0.829. The molecular weight excluding hydrogens is 248 g/mol. The molecule has 0 bridgehead atoms. The van der Waals surface area contributed by atoms with Crippen molar-refractivity contribution in [2.75, 3.05) is 26.2 Å². The summed E-state index contributed by atoms with van der Waals surface area (Å²) in [5.74, 6) is 1.56. The van der Waals surface area contributed by atoms with Crippen LogP contribution in [-0.4, -0.2) is 58.4 Å². The van der Waals surface area contributed by atoms with Crippen LogP contribution >= 0.6 is 0 Å². The molecule has 7 heteroatoms. The van der Waals surface area contributed by atoms with Gasteiger partial charge in [-0.05, 0) is 0 Å². The van der Waals surface area contributed by atoms with Crippen LogP contribution in [0.2, 0.25) is 0 Å². The van der Waals surface area contributed by atoms with Crippen LogP contribution in [0.5, 0.6) is 0 Å². The first-order valence-electron chi connectivity index (χ1n) is 6.61. The number of amides is 1. The van der Waals surface area contributed by atoms with E-state index in [4.69, 9.17) is 9.15 Å². The van der Waals surface area contributed by atoms with E-state index < -0.39 is 0 Å². The lowest BCUT2D eigenvalue weighted by molar-refractivity contribution is 0.109. The zero-order valence-electron chi connectivity index (χ0n) is 11.2. The SMILES string of the molecule is CC(C)c1nnc(CN2CCN3C(=O)OCC3C2)o1. The van der Waals surface area contributed by atoms with Gasteiger partial charge in [0.05, 0.1) is 12.6 Å². The summed E-state index contributed by atoms with van der Waals surface area (Å²) >= 11 is 0. The van der Waals surface area contributed by atoms with E-state index in [0.29, 0.717) is 31.5 Å². The second-order valence-corrected chi connectivity index (χ2v) is 5.35. The Morgan fingerprint density at radius 1 is 1.37 bits per heavy atom. The number of hydrogen-bond acceptors (Lipinski definition) is 6. The smallest absolute Gasteiger partial charge is 0.410 e. The number of rotatable bonds is 3. The van der Waals surface area contributed by atoms with E-state index in [0.717, 1.165) is 13.1 Å². The average Bonchev–Trinajstić information content (AvgIpc) is 2.97. The summed E-state index contributed by atoms with van der Waals surface area (Å²) in [6.45, 7) is 7.48. The molecule has 2 aliphatic heterocycles. The van der Waals surface area contributed by atoms with Crippen molar-refractivity contribution in [1.29, 1.82) is 0 Å². The van der Waals surface area contributed by atoms with Crippen molar-refractivity contribution in [1.82, 2.24) is 20.0 Å². The van der Waals surface area contributed by atoms with Crippen molar-refractivity contribution in [2.24, 2.45) is 0 Å². The van der Waals surface area contributed by atoms with Crippen molar-refractivity contribution < 1.29 is 13.9 Å². The van der Waals surface area contributed by atoms with Gasteiger partial charge < -0.3 is 9.15 Å². The second-order valence-electron chi connectivity index (χ2n) is 5.35. The first-order valence-corrected chi connectivity index (χ1v) is 6.61. The first kappa shape index (κ1) is 12.4. The van der Waals surface area contributed by atoms with E-state index in [1.54, 1.807) is 4.90 Å². The quantitative estimate of drug-likeness (QED) is 0.807. The molecule has 1 aromatic rings. The number of fused-ring (bicyclic) bond motifs is 1. The molecule has 1 atom stereocenters. The molecule has 2 saturated heterocycles. The summed E-state index contributed by atoms with van der Waals surface area (Å²) in [6.07, 6.45) is -0.190. The number of hydrogen-bond donors (Lipinski definition) is 0. The lowest BCUT2D eigenvalue weighted by Crippen LogP contribution is -2.51. The maximum absolute atomic E-state index is 11.4. The van der Waals surface area contributed by atoms with Crippen LogP contribution in [0.15, 0.2) is 4.42 Å². The van der Waals surface area contributed by atoms with Crippen LogP contribution in [0.4, 0.5) is 4.79 Å². The summed E-state index contributed by atoms with van der Waals surface area (Å²) in [6, 6.07) is 0.161. The molecule has 19 heavy (non-hydrogen) atoms. The highest BCUT2D eigenvalue weighted by Crippen LogP contribution is 2.19. The lowest BCUT2D eigenvalue weighted by Gasteiger charge is -2.34. The summed E-state index contributed by atoms with van der Waals surface area (Å²) < 4.78 is 10.6. The lowest BCUT2D eigenvalue weighted by atomic mass is 10.2. The molecule has 7 nitrogen and oxygen atoms in total. The van der Waals surface area contributed by atoms with E-state index in [-0.39, 0.29) is 18.1 Å². The molecule has 3 heterocycles. The van der Waals surface area contributed by atoms with Gasteiger partial charge in [0.2, 0.25) is 11.8 Å². The van der Waals surface area contributed by atoms with Crippen LogP contribution < -0.4 is 0 Å². The molecule has 0 saturated carbocycles. The molecule has 2 aliphatic rings. The van der Waals surface area contributed by atoms with E-state index in [2.05, 4.69) is 15.1 Å². The van der Waals surface area contributed by atoms with E-state index in [1.165, 1.54) is 0 Å². The van der Waals surface area contributed by atoms with Gasteiger partial charge in [0.1, 0.15) is 6.61 Å². The molecule has 0 aliphatic carbocycles. The molecule has 104 valence electrons. The molecule has 1 amide bonds. The standard InChI is InChI=1S/C12H18N4O3/c1-8(2)11-14-13-10(19-11)6-15-3-4-16-9(5-15)7-18-12(16)17/h8-9H,3-7H2,1-2H3. The average molecular weight is 266 g/mol. The molecule has 1 aromatic heterocycles. The number of piperazine rings is 1. The third kappa shape index (κ3) is 2.42. The maximum Gasteiger partial charge on any atom is 0.410 e. The third-order valence-corrected chi connectivity index (χ3v) is 3.54. The fourth-order valence-corrected chi connectivity index (χ4v) is 2.45. The minimum Gasteiger partial charge on any atom is -0.447 e. The Morgan fingerprint density at radius 3 is 2.95 bits per heavy atom. The van der Waals surface area contributed by atoms with Crippen LogP contribution in [0.1, 0.15) is 31.5 Å². The highest BCUT2D eigenvalue weighted by Gasteiger charge is 2.37. The van der Waals surface area contributed by atoms with Crippen LogP contribution in [-0.2, 0) is 11.3 Å². The van der Waals surface area contributed by atoms with Crippen molar-refractivity contribution in [3.05, 3.63) is 11.8 Å². The number of aromatic nitrogens is 2. The van der Waals surface area contributed by atoms with E-state index >= 15 is 0 Å². The highest BCUT2D eigenvalue weighted by atomic mass is 16.6. The van der Waals surface area contributed by atoms with Crippen LogP contribution in [0.3, 0.4) is 0 Å². The van der Waals surface area contributed by atoms with Gasteiger partial charge in [0, 0.05) is 25.6 Å². The van der Waals surface area contributed by atoms with Crippen molar-refractivity contribution in [3.8, 4) is 0 Å².